The molecule has 0 fully saturated rings. The lowest BCUT2D eigenvalue weighted by Crippen LogP contribution is -2.11. The summed E-state index contributed by atoms with van der Waals surface area (Å²) in [7, 11) is 3.37. The molecule has 2 heterocycles. The third-order valence-electron chi connectivity index (χ3n) is 2.04. The SMILES string of the molecule is COCc1cc(=O)[nH]c(-c2ccn(C)n2)n1. The molecule has 2 aromatic heterocycles. The first-order chi connectivity index (χ1) is 7.69. The van der Waals surface area contributed by atoms with Crippen molar-refractivity contribution in [2.45, 2.75) is 6.61 Å². The molecule has 0 aliphatic rings. The Kier molecular flexibility index (Phi) is 2.82. The van der Waals surface area contributed by atoms with Crippen molar-refractivity contribution in [3.63, 3.8) is 0 Å². The van der Waals surface area contributed by atoms with Crippen LogP contribution in [0.4, 0.5) is 0 Å². The highest BCUT2D eigenvalue weighted by atomic mass is 16.5. The number of nitrogens with one attached hydrogen (secondary N) is 1. The minimum Gasteiger partial charge on any atom is -0.378 e. The summed E-state index contributed by atoms with van der Waals surface area (Å²) in [6, 6.07) is 3.20. The van der Waals surface area contributed by atoms with Crippen LogP contribution in [0.15, 0.2) is 23.1 Å². The van der Waals surface area contributed by atoms with Gasteiger partial charge < -0.3 is 9.72 Å². The molecule has 0 aliphatic heterocycles. The average molecular weight is 220 g/mol. The van der Waals surface area contributed by atoms with E-state index in [1.165, 1.54) is 6.07 Å². The molecular weight excluding hydrogens is 208 g/mol. The molecule has 0 saturated heterocycles. The Hall–Kier alpha value is -1.95. The number of rotatable bonds is 3. The lowest BCUT2D eigenvalue weighted by molar-refractivity contribution is 0.181. The number of hydrogen-bond donors (Lipinski definition) is 1. The van der Waals surface area contributed by atoms with Crippen molar-refractivity contribution in [3.8, 4) is 11.5 Å². The second kappa shape index (κ2) is 4.28. The van der Waals surface area contributed by atoms with Gasteiger partial charge in [-0.3, -0.25) is 9.48 Å². The number of methoxy groups -OCH3 is 1. The van der Waals surface area contributed by atoms with Crippen molar-refractivity contribution >= 4 is 0 Å². The number of ether oxygens (including phenoxy) is 1. The Balaban J connectivity index is 2.44. The third kappa shape index (κ3) is 2.17. The van der Waals surface area contributed by atoms with Crippen LogP contribution in [-0.2, 0) is 18.4 Å². The second-order valence-corrected chi connectivity index (χ2v) is 3.39. The van der Waals surface area contributed by atoms with Gasteiger partial charge in [0.2, 0.25) is 0 Å². The minimum atomic E-state index is -0.206. The standard InChI is InChI=1S/C10H12N4O2/c1-14-4-3-8(13-14)10-11-7(6-16-2)5-9(15)12-10/h3-5H,6H2,1-2H3,(H,11,12,15). The Labute approximate surface area is 91.9 Å². The van der Waals surface area contributed by atoms with Crippen molar-refractivity contribution in [2.75, 3.05) is 7.11 Å². The van der Waals surface area contributed by atoms with Crippen LogP contribution in [0.5, 0.6) is 0 Å². The number of hydrogen-bond acceptors (Lipinski definition) is 4. The zero-order valence-electron chi connectivity index (χ0n) is 9.10. The summed E-state index contributed by atoms with van der Waals surface area (Å²) in [4.78, 5) is 18.3. The van der Waals surface area contributed by atoms with Crippen LogP contribution in [0, 0.1) is 0 Å². The van der Waals surface area contributed by atoms with E-state index in [9.17, 15) is 4.79 Å². The maximum absolute atomic E-state index is 11.4. The van der Waals surface area contributed by atoms with Crippen LogP contribution in [-0.4, -0.2) is 26.9 Å². The molecule has 0 amide bonds. The number of H-pyrrole nitrogens is 1. The Morgan fingerprint density at radius 1 is 1.56 bits per heavy atom. The van der Waals surface area contributed by atoms with Crippen LogP contribution < -0.4 is 5.56 Å². The van der Waals surface area contributed by atoms with Crippen LogP contribution in [0.1, 0.15) is 5.69 Å². The molecule has 0 unspecified atom stereocenters. The van der Waals surface area contributed by atoms with Crippen molar-refractivity contribution in [1.29, 1.82) is 0 Å². The molecule has 1 N–H and O–H groups in total. The van der Waals surface area contributed by atoms with E-state index < -0.39 is 0 Å². The van der Waals surface area contributed by atoms with E-state index in [-0.39, 0.29) is 5.56 Å². The molecule has 0 aromatic carbocycles. The third-order valence-corrected chi connectivity index (χ3v) is 2.04. The average Bonchev–Trinajstić information content (AvgIpc) is 2.64. The molecular formula is C10H12N4O2. The van der Waals surface area contributed by atoms with Gasteiger partial charge in [-0.1, -0.05) is 0 Å². The van der Waals surface area contributed by atoms with E-state index in [1.807, 2.05) is 0 Å². The quantitative estimate of drug-likeness (QED) is 0.808. The van der Waals surface area contributed by atoms with E-state index in [4.69, 9.17) is 4.74 Å². The van der Waals surface area contributed by atoms with Crippen LogP contribution in [0.3, 0.4) is 0 Å². The number of nitrogens with zero attached hydrogens (tertiary/aromatic N) is 3. The molecule has 84 valence electrons. The van der Waals surface area contributed by atoms with Crippen LogP contribution in [0.25, 0.3) is 11.5 Å². The van der Waals surface area contributed by atoms with Crippen molar-refractivity contribution < 1.29 is 4.74 Å². The van der Waals surface area contributed by atoms with E-state index in [1.54, 1.807) is 31.1 Å². The molecule has 0 saturated carbocycles. The molecule has 0 spiro atoms. The normalized spacial score (nSPS) is 10.6. The van der Waals surface area contributed by atoms with E-state index in [0.29, 0.717) is 23.8 Å². The largest absolute Gasteiger partial charge is 0.378 e. The Morgan fingerprint density at radius 2 is 2.38 bits per heavy atom. The van der Waals surface area contributed by atoms with Gasteiger partial charge in [-0.25, -0.2) is 4.98 Å². The molecule has 6 heteroatoms. The van der Waals surface area contributed by atoms with Crippen molar-refractivity contribution in [1.82, 2.24) is 19.7 Å². The molecule has 0 radical (unpaired) electrons. The Morgan fingerprint density at radius 3 is 3.00 bits per heavy atom. The maximum Gasteiger partial charge on any atom is 0.251 e. The highest BCUT2D eigenvalue weighted by molar-refractivity contribution is 5.47. The van der Waals surface area contributed by atoms with Gasteiger partial charge in [0, 0.05) is 26.4 Å². The number of aryl methyl sites for hydroxylation is 1. The maximum atomic E-state index is 11.4. The first-order valence-corrected chi connectivity index (χ1v) is 4.78. The fourth-order valence-corrected chi connectivity index (χ4v) is 1.39. The molecule has 2 rings (SSSR count). The minimum absolute atomic E-state index is 0.206. The van der Waals surface area contributed by atoms with Gasteiger partial charge in [-0.05, 0) is 6.07 Å². The predicted molar refractivity (Wildman–Crippen MR) is 57.8 cm³/mol. The second-order valence-electron chi connectivity index (χ2n) is 3.39. The first-order valence-electron chi connectivity index (χ1n) is 4.78. The lowest BCUT2D eigenvalue weighted by Gasteiger charge is -2.00. The van der Waals surface area contributed by atoms with E-state index in [0.717, 1.165) is 0 Å². The van der Waals surface area contributed by atoms with Crippen molar-refractivity contribution in [3.05, 3.63) is 34.4 Å². The summed E-state index contributed by atoms with van der Waals surface area (Å²) in [5.41, 5.74) is 1.02. The molecule has 6 nitrogen and oxygen atoms in total. The van der Waals surface area contributed by atoms with Crippen LogP contribution >= 0.6 is 0 Å². The van der Waals surface area contributed by atoms with Gasteiger partial charge in [0.15, 0.2) is 5.82 Å². The van der Waals surface area contributed by atoms with Gasteiger partial charge in [-0.2, -0.15) is 5.10 Å². The van der Waals surface area contributed by atoms with Gasteiger partial charge in [0.05, 0.1) is 12.3 Å². The lowest BCUT2D eigenvalue weighted by atomic mass is 10.3. The summed E-state index contributed by atoms with van der Waals surface area (Å²) in [6.45, 7) is 0.309. The zero-order chi connectivity index (χ0) is 11.5. The fraction of sp³-hybridized carbons (Fsp3) is 0.300. The first kappa shape index (κ1) is 10.6. The summed E-state index contributed by atoms with van der Waals surface area (Å²) >= 11 is 0. The number of aromatic nitrogens is 4. The highest BCUT2D eigenvalue weighted by Gasteiger charge is 2.06. The van der Waals surface area contributed by atoms with Crippen molar-refractivity contribution in [2.24, 2.45) is 7.05 Å². The summed E-state index contributed by atoms with van der Waals surface area (Å²) in [5.74, 6) is 0.458. The fourth-order valence-electron chi connectivity index (χ4n) is 1.39. The summed E-state index contributed by atoms with van der Waals surface area (Å²) in [6.07, 6.45) is 1.79. The topological polar surface area (TPSA) is 72.8 Å². The zero-order valence-corrected chi connectivity index (χ0v) is 9.10. The highest BCUT2D eigenvalue weighted by Crippen LogP contribution is 2.09. The monoisotopic (exact) mass is 220 g/mol. The molecule has 0 aliphatic carbocycles. The Bertz CT molecular complexity index is 544. The van der Waals surface area contributed by atoms with Gasteiger partial charge in [0.1, 0.15) is 5.69 Å². The van der Waals surface area contributed by atoms with Gasteiger partial charge in [0.25, 0.3) is 5.56 Å². The van der Waals surface area contributed by atoms with Gasteiger partial charge >= 0.3 is 0 Å². The van der Waals surface area contributed by atoms with E-state index in [2.05, 4.69) is 15.1 Å². The molecule has 2 aromatic rings. The molecule has 16 heavy (non-hydrogen) atoms. The van der Waals surface area contributed by atoms with Crippen LogP contribution in [0.2, 0.25) is 0 Å². The summed E-state index contributed by atoms with van der Waals surface area (Å²) in [5, 5.41) is 4.17. The summed E-state index contributed by atoms with van der Waals surface area (Å²) < 4.78 is 6.59. The van der Waals surface area contributed by atoms with Gasteiger partial charge in [-0.15, -0.1) is 0 Å². The smallest absolute Gasteiger partial charge is 0.251 e. The molecule has 0 atom stereocenters. The predicted octanol–water partition coefficient (Wildman–Crippen LogP) is 0.317. The molecule has 0 bridgehead atoms. The van der Waals surface area contributed by atoms with E-state index >= 15 is 0 Å². The number of aromatic amines is 1.